The molecule has 4 heterocycles. The highest BCUT2D eigenvalue weighted by molar-refractivity contribution is 6.33. The first-order valence-electron chi connectivity index (χ1n) is 8.52. The van der Waals surface area contributed by atoms with Crippen LogP contribution in [-0.2, 0) is 12.8 Å². The Morgan fingerprint density at radius 2 is 1.96 bits per heavy atom. The zero-order valence-electron chi connectivity index (χ0n) is 13.9. The zero-order chi connectivity index (χ0) is 17.0. The molecule has 5 rings (SSSR count). The van der Waals surface area contributed by atoms with Crippen molar-refractivity contribution in [3.63, 3.8) is 0 Å². The second-order valence-electron chi connectivity index (χ2n) is 6.57. The van der Waals surface area contributed by atoms with Gasteiger partial charge in [-0.25, -0.2) is 4.98 Å². The number of nitrogens with zero attached hydrogens (tertiary/aromatic N) is 6. The van der Waals surface area contributed by atoms with Crippen molar-refractivity contribution in [2.24, 2.45) is 0 Å². The number of aryl methyl sites for hydroxylation is 3. The quantitative estimate of drug-likeness (QED) is 0.709. The Hall–Kier alpha value is -2.47. The summed E-state index contributed by atoms with van der Waals surface area (Å²) in [6, 6.07) is 4.15. The number of hydrogen-bond donors (Lipinski definition) is 0. The molecular formula is C18H17ClN6. The van der Waals surface area contributed by atoms with Crippen LogP contribution in [0.3, 0.4) is 0 Å². The van der Waals surface area contributed by atoms with Crippen LogP contribution in [0, 0.1) is 6.92 Å². The molecule has 0 atom stereocenters. The van der Waals surface area contributed by atoms with E-state index in [2.05, 4.69) is 30.7 Å². The Kier molecular flexibility index (Phi) is 3.28. The van der Waals surface area contributed by atoms with E-state index < -0.39 is 0 Å². The normalized spacial score (nSPS) is 15.5. The third-order valence-electron chi connectivity index (χ3n) is 4.97. The molecule has 0 saturated carbocycles. The van der Waals surface area contributed by atoms with Gasteiger partial charge in [-0.1, -0.05) is 11.6 Å². The summed E-state index contributed by atoms with van der Waals surface area (Å²) >= 11 is 6.66. The standard InChI is InChI=1S/C18H17ClN6/c1-11-22-23-16-4-3-12-7-13(8-14(19)18(12)25(11)16)15-9-20-10-17(21-15)24-5-2-6-24/h7-10H,2-6H2,1H3. The van der Waals surface area contributed by atoms with Gasteiger partial charge in [0.2, 0.25) is 0 Å². The fourth-order valence-electron chi connectivity index (χ4n) is 3.54. The number of aromatic nitrogens is 5. The van der Waals surface area contributed by atoms with Crippen molar-refractivity contribution in [1.29, 1.82) is 0 Å². The monoisotopic (exact) mass is 352 g/mol. The Balaban J connectivity index is 1.61. The Morgan fingerprint density at radius 1 is 1.08 bits per heavy atom. The zero-order valence-corrected chi connectivity index (χ0v) is 14.7. The van der Waals surface area contributed by atoms with Gasteiger partial charge in [0.1, 0.15) is 17.5 Å². The molecule has 3 aromatic rings. The molecule has 1 aromatic carbocycles. The predicted molar refractivity (Wildman–Crippen MR) is 96.4 cm³/mol. The highest BCUT2D eigenvalue weighted by Crippen LogP contribution is 2.35. The van der Waals surface area contributed by atoms with Gasteiger partial charge in [-0.2, -0.15) is 0 Å². The molecule has 2 aliphatic heterocycles. The summed E-state index contributed by atoms with van der Waals surface area (Å²) in [4.78, 5) is 11.4. The van der Waals surface area contributed by atoms with Gasteiger partial charge in [-0.15, -0.1) is 10.2 Å². The van der Waals surface area contributed by atoms with E-state index in [1.54, 1.807) is 6.20 Å². The molecular weight excluding hydrogens is 336 g/mol. The summed E-state index contributed by atoms with van der Waals surface area (Å²) in [5, 5.41) is 9.14. The van der Waals surface area contributed by atoms with Gasteiger partial charge in [-0.05, 0) is 37.5 Å². The third kappa shape index (κ3) is 2.32. The van der Waals surface area contributed by atoms with Gasteiger partial charge in [0.05, 0.1) is 28.8 Å². The Morgan fingerprint density at radius 3 is 2.76 bits per heavy atom. The molecule has 1 fully saturated rings. The molecule has 0 aliphatic carbocycles. The van der Waals surface area contributed by atoms with Crippen molar-refractivity contribution in [2.45, 2.75) is 26.2 Å². The minimum absolute atomic E-state index is 0.701. The summed E-state index contributed by atoms with van der Waals surface area (Å²) in [5.74, 6) is 2.78. The molecule has 2 aliphatic rings. The van der Waals surface area contributed by atoms with E-state index in [9.17, 15) is 0 Å². The lowest BCUT2D eigenvalue weighted by Gasteiger charge is -2.31. The lowest BCUT2D eigenvalue weighted by atomic mass is 9.99. The average Bonchev–Trinajstić information content (AvgIpc) is 2.95. The highest BCUT2D eigenvalue weighted by Gasteiger charge is 2.23. The van der Waals surface area contributed by atoms with E-state index in [1.165, 1.54) is 12.0 Å². The van der Waals surface area contributed by atoms with Crippen LogP contribution in [0.1, 0.15) is 23.6 Å². The SMILES string of the molecule is Cc1nnc2n1-c1c(Cl)cc(-c3cncc(N4CCC4)n3)cc1CC2. The van der Waals surface area contributed by atoms with Crippen LogP contribution in [0.5, 0.6) is 0 Å². The topological polar surface area (TPSA) is 59.7 Å². The van der Waals surface area contributed by atoms with Crippen LogP contribution in [-0.4, -0.2) is 37.8 Å². The van der Waals surface area contributed by atoms with Gasteiger partial charge in [0.15, 0.2) is 0 Å². The van der Waals surface area contributed by atoms with E-state index in [4.69, 9.17) is 16.6 Å². The number of fused-ring (bicyclic) bond motifs is 3. The summed E-state index contributed by atoms with van der Waals surface area (Å²) in [6.07, 6.45) is 6.62. The first kappa shape index (κ1) is 14.8. The van der Waals surface area contributed by atoms with Gasteiger partial charge < -0.3 is 4.90 Å². The van der Waals surface area contributed by atoms with E-state index in [1.807, 2.05) is 19.2 Å². The van der Waals surface area contributed by atoms with Crippen LogP contribution in [0.15, 0.2) is 24.5 Å². The minimum atomic E-state index is 0.701. The van der Waals surface area contributed by atoms with Crippen molar-refractivity contribution in [3.05, 3.63) is 46.8 Å². The number of rotatable bonds is 2. The van der Waals surface area contributed by atoms with Crippen LogP contribution in [0.4, 0.5) is 5.82 Å². The lowest BCUT2D eigenvalue weighted by Crippen LogP contribution is -2.37. The number of halogens is 1. The molecule has 0 N–H and O–H groups in total. The summed E-state index contributed by atoms with van der Waals surface area (Å²) in [5.41, 5.74) is 4.07. The van der Waals surface area contributed by atoms with E-state index >= 15 is 0 Å². The first-order chi connectivity index (χ1) is 12.2. The number of hydrogen-bond acceptors (Lipinski definition) is 5. The van der Waals surface area contributed by atoms with E-state index in [0.29, 0.717) is 5.02 Å². The lowest BCUT2D eigenvalue weighted by molar-refractivity contribution is 0.608. The molecule has 7 heteroatoms. The smallest absolute Gasteiger partial charge is 0.147 e. The van der Waals surface area contributed by atoms with Crippen molar-refractivity contribution in [2.75, 3.05) is 18.0 Å². The van der Waals surface area contributed by atoms with Crippen LogP contribution >= 0.6 is 11.6 Å². The molecule has 0 bridgehead atoms. The summed E-state index contributed by atoms with van der Waals surface area (Å²) in [7, 11) is 0. The Labute approximate surface area is 150 Å². The van der Waals surface area contributed by atoms with Crippen LogP contribution in [0.2, 0.25) is 5.02 Å². The van der Waals surface area contributed by atoms with Gasteiger partial charge in [0.25, 0.3) is 0 Å². The van der Waals surface area contributed by atoms with Crippen LogP contribution in [0.25, 0.3) is 16.9 Å². The van der Waals surface area contributed by atoms with Gasteiger partial charge in [-0.3, -0.25) is 9.55 Å². The first-order valence-corrected chi connectivity index (χ1v) is 8.89. The predicted octanol–water partition coefficient (Wildman–Crippen LogP) is 2.99. The van der Waals surface area contributed by atoms with Crippen molar-refractivity contribution in [3.8, 4) is 16.9 Å². The Bertz CT molecular complexity index is 976. The molecule has 1 saturated heterocycles. The van der Waals surface area contributed by atoms with E-state index in [-0.39, 0.29) is 0 Å². The fourth-order valence-corrected chi connectivity index (χ4v) is 3.87. The van der Waals surface area contributed by atoms with Gasteiger partial charge >= 0.3 is 0 Å². The highest BCUT2D eigenvalue weighted by atomic mass is 35.5. The van der Waals surface area contributed by atoms with Crippen molar-refractivity contribution in [1.82, 2.24) is 24.7 Å². The average molecular weight is 353 g/mol. The second kappa shape index (κ2) is 5.52. The maximum Gasteiger partial charge on any atom is 0.147 e. The largest absolute Gasteiger partial charge is 0.355 e. The molecule has 0 spiro atoms. The molecule has 6 nitrogen and oxygen atoms in total. The fraction of sp³-hybridized carbons (Fsp3) is 0.333. The molecule has 0 amide bonds. The maximum atomic E-state index is 6.66. The third-order valence-corrected chi connectivity index (χ3v) is 5.26. The number of anilines is 1. The van der Waals surface area contributed by atoms with Crippen LogP contribution < -0.4 is 4.90 Å². The summed E-state index contributed by atoms with van der Waals surface area (Å²) in [6.45, 7) is 4.06. The molecule has 2 aromatic heterocycles. The molecule has 126 valence electrons. The van der Waals surface area contributed by atoms with Crippen molar-refractivity contribution < 1.29 is 0 Å². The van der Waals surface area contributed by atoms with E-state index in [0.717, 1.165) is 60.3 Å². The number of benzene rings is 1. The minimum Gasteiger partial charge on any atom is -0.355 e. The van der Waals surface area contributed by atoms with Crippen molar-refractivity contribution >= 4 is 17.4 Å². The van der Waals surface area contributed by atoms with Gasteiger partial charge in [0, 0.05) is 25.1 Å². The maximum absolute atomic E-state index is 6.66. The molecule has 25 heavy (non-hydrogen) atoms. The molecule has 0 radical (unpaired) electrons. The second-order valence-corrected chi connectivity index (χ2v) is 6.97. The molecule has 0 unspecified atom stereocenters. The summed E-state index contributed by atoms with van der Waals surface area (Å²) < 4.78 is 2.06.